The van der Waals surface area contributed by atoms with Crippen LogP contribution < -0.4 is 5.32 Å². The molecule has 1 unspecified atom stereocenters. The van der Waals surface area contributed by atoms with Crippen molar-refractivity contribution in [3.05, 3.63) is 163 Å². The second-order valence-electron chi connectivity index (χ2n) is 12.4. The van der Waals surface area contributed by atoms with Crippen molar-refractivity contribution in [2.24, 2.45) is 5.92 Å². The molecule has 1 aliphatic carbocycles. The number of anilines is 2. The van der Waals surface area contributed by atoms with Crippen molar-refractivity contribution < 1.29 is 0 Å². The zero-order chi connectivity index (χ0) is 30.6. The number of nitrogens with one attached hydrogen (secondary N) is 1. The minimum absolute atomic E-state index is 0.521. The summed E-state index contributed by atoms with van der Waals surface area (Å²) < 4.78 is 4.80. The Kier molecular flexibility index (Phi) is 6.17. The zero-order valence-corrected chi connectivity index (χ0v) is 25.7. The van der Waals surface area contributed by atoms with Gasteiger partial charge in [0, 0.05) is 44.6 Å². The van der Waals surface area contributed by atoms with Gasteiger partial charge >= 0.3 is 0 Å². The predicted octanol–water partition coefficient (Wildman–Crippen LogP) is 11.3. The molecule has 6 aromatic carbocycles. The summed E-state index contributed by atoms with van der Waals surface area (Å²) in [6.07, 6.45) is 5.71. The van der Waals surface area contributed by atoms with Crippen LogP contribution in [0.25, 0.3) is 61.3 Å². The third-order valence-electron chi connectivity index (χ3n) is 9.43. The smallest absolute Gasteiger partial charge is 0.0561 e. The molecule has 9 rings (SSSR count). The summed E-state index contributed by atoms with van der Waals surface area (Å²) in [5, 5.41) is 7.60. The van der Waals surface area contributed by atoms with E-state index in [0.717, 1.165) is 23.5 Å². The molecule has 0 fully saturated rings. The summed E-state index contributed by atoms with van der Waals surface area (Å²) in [5.41, 5.74) is 13.3. The van der Waals surface area contributed by atoms with Gasteiger partial charge < -0.3 is 14.5 Å². The van der Waals surface area contributed by atoms with Gasteiger partial charge in [-0.25, -0.2) is 0 Å². The van der Waals surface area contributed by atoms with E-state index in [9.17, 15) is 0 Å². The van der Waals surface area contributed by atoms with E-state index in [1.54, 1.807) is 0 Å². The first-order chi connectivity index (χ1) is 22.7. The Hall–Kier alpha value is -5.80. The van der Waals surface area contributed by atoms with Gasteiger partial charge in [-0.05, 0) is 89.7 Å². The number of benzene rings is 6. The van der Waals surface area contributed by atoms with Gasteiger partial charge in [-0.3, -0.25) is 0 Å². The van der Waals surface area contributed by atoms with E-state index >= 15 is 0 Å². The lowest BCUT2D eigenvalue weighted by molar-refractivity contribution is 0.718. The van der Waals surface area contributed by atoms with E-state index in [4.69, 9.17) is 0 Å². The third-order valence-corrected chi connectivity index (χ3v) is 9.43. The first-order valence-electron chi connectivity index (χ1n) is 16.1. The molecule has 3 heteroatoms. The zero-order valence-electron chi connectivity index (χ0n) is 25.7. The van der Waals surface area contributed by atoms with Crippen LogP contribution in [0.5, 0.6) is 0 Å². The quantitative estimate of drug-likeness (QED) is 0.211. The summed E-state index contributed by atoms with van der Waals surface area (Å²) in [6.45, 7) is 2.30. The average Bonchev–Trinajstić information content (AvgIpc) is 3.60. The van der Waals surface area contributed by atoms with E-state index in [-0.39, 0.29) is 0 Å². The van der Waals surface area contributed by atoms with Crippen LogP contribution in [0.15, 0.2) is 152 Å². The molecule has 220 valence electrons. The normalized spacial score (nSPS) is 14.2. The van der Waals surface area contributed by atoms with Crippen LogP contribution in [-0.4, -0.2) is 9.13 Å². The molecule has 3 nitrogen and oxygen atoms in total. The van der Waals surface area contributed by atoms with E-state index in [2.05, 4.69) is 179 Å². The van der Waals surface area contributed by atoms with Crippen molar-refractivity contribution in [2.45, 2.75) is 13.3 Å². The average molecular weight is 592 g/mol. The van der Waals surface area contributed by atoms with Crippen LogP contribution >= 0.6 is 0 Å². The minimum atomic E-state index is 0.521. The Balaban J connectivity index is 1.15. The lowest BCUT2D eigenvalue weighted by Gasteiger charge is -2.16. The fourth-order valence-electron chi connectivity index (χ4n) is 7.27. The van der Waals surface area contributed by atoms with Gasteiger partial charge in [0.1, 0.15) is 0 Å². The number of fused-ring (bicyclic) bond motifs is 6. The number of aromatic nitrogens is 2. The number of hydrogen-bond donors (Lipinski definition) is 1. The second kappa shape index (κ2) is 10.7. The van der Waals surface area contributed by atoms with Gasteiger partial charge in [0.2, 0.25) is 0 Å². The van der Waals surface area contributed by atoms with Crippen molar-refractivity contribution in [3.8, 4) is 22.5 Å². The molecule has 0 amide bonds. The van der Waals surface area contributed by atoms with Crippen LogP contribution in [0, 0.1) is 5.92 Å². The Bertz CT molecular complexity index is 2410. The predicted molar refractivity (Wildman–Crippen MR) is 195 cm³/mol. The summed E-state index contributed by atoms with van der Waals surface area (Å²) >= 11 is 0. The Morgan fingerprint density at radius 2 is 1.11 bits per heavy atom. The topological polar surface area (TPSA) is 21.9 Å². The number of hydrogen-bond acceptors (Lipinski definition) is 1. The maximum absolute atomic E-state index is 3.76. The van der Waals surface area contributed by atoms with Crippen LogP contribution in [0.3, 0.4) is 0 Å². The molecule has 8 aromatic rings. The van der Waals surface area contributed by atoms with Crippen LogP contribution in [-0.2, 0) is 6.42 Å². The molecule has 0 spiro atoms. The van der Waals surface area contributed by atoms with Gasteiger partial charge in [0.05, 0.1) is 16.6 Å². The highest BCUT2D eigenvalue weighted by atomic mass is 15.0. The number of allylic oxidation sites excluding steroid dienone is 1. The first-order valence-corrected chi connectivity index (χ1v) is 16.1. The maximum Gasteiger partial charge on any atom is 0.0561 e. The molecule has 0 saturated carbocycles. The maximum atomic E-state index is 3.76. The highest BCUT2D eigenvalue weighted by molar-refractivity contribution is 6.10. The summed E-state index contributed by atoms with van der Waals surface area (Å²) in [4.78, 5) is 0. The molecule has 2 heterocycles. The monoisotopic (exact) mass is 591 g/mol. The molecule has 0 radical (unpaired) electrons. The Morgan fingerprint density at radius 1 is 0.522 bits per heavy atom. The van der Waals surface area contributed by atoms with Gasteiger partial charge in [-0.1, -0.05) is 104 Å². The Labute approximate surface area is 268 Å². The molecule has 2 aromatic heterocycles. The number of para-hydroxylation sites is 2. The second-order valence-corrected chi connectivity index (χ2v) is 12.4. The highest BCUT2D eigenvalue weighted by Gasteiger charge is 2.21. The van der Waals surface area contributed by atoms with Gasteiger partial charge in [0.25, 0.3) is 0 Å². The number of rotatable bonds is 5. The SMILES string of the molecule is CC1C=Cc2c(c3ccc(Nc4ccc5c6ccccc6n(-c6ccccc6)c5c4)cc3n2-c2ccc(-c3ccccc3)cc2)C1. The summed E-state index contributed by atoms with van der Waals surface area (Å²) in [5.74, 6) is 0.521. The van der Waals surface area contributed by atoms with Gasteiger partial charge in [0.15, 0.2) is 0 Å². The molecule has 0 bridgehead atoms. The van der Waals surface area contributed by atoms with Gasteiger partial charge in [-0.2, -0.15) is 0 Å². The van der Waals surface area contributed by atoms with E-state index < -0.39 is 0 Å². The van der Waals surface area contributed by atoms with E-state index in [1.165, 1.54) is 60.8 Å². The lowest BCUT2D eigenvalue weighted by atomic mass is 9.93. The van der Waals surface area contributed by atoms with Crippen molar-refractivity contribution in [1.29, 1.82) is 0 Å². The first kappa shape index (κ1) is 26.6. The lowest BCUT2D eigenvalue weighted by Crippen LogP contribution is -2.05. The minimum Gasteiger partial charge on any atom is -0.355 e. The van der Waals surface area contributed by atoms with Gasteiger partial charge in [-0.15, -0.1) is 0 Å². The van der Waals surface area contributed by atoms with Crippen molar-refractivity contribution >= 4 is 50.2 Å². The fourth-order valence-corrected chi connectivity index (χ4v) is 7.27. The molecule has 0 saturated heterocycles. The fraction of sp³-hybridized carbons (Fsp3) is 0.0698. The largest absolute Gasteiger partial charge is 0.355 e. The van der Waals surface area contributed by atoms with Crippen LogP contribution in [0.2, 0.25) is 0 Å². The van der Waals surface area contributed by atoms with E-state index in [1.807, 2.05) is 0 Å². The summed E-state index contributed by atoms with van der Waals surface area (Å²) in [6, 6.07) is 52.5. The third kappa shape index (κ3) is 4.35. The van der Waals surface area contributed by atoms with Crippen LogP contribution in [0.1, 0.15) is 18.2 Å². The molecule has 0 aliphatic heterocycles. The van der Waals surface area contributed by atoms with Crippen molar-refractivity contribution in [3.63, 3.8) is 0 Å². The Morgan fingerprint density at radius 3 is 1.87 bits per heavy atom. The van der Waals surface area contributed by atoms with Crippen LogP contribution in [0.4, 0.5) is 11.4 Å². The van der Waals surface area contributed by atoms with Crippen molar-refractivity contribution in [2.75, 3.05) is 5.32 Å². The molecule has 46 heavy (non-hydrogen) atoms. The molecule has 1 N–H and O–H groups in total. The molecule has 1 atom stereocenters. The molecular formula is C43H33N3. The van der Waals surface area contributed by atoms with E-state index in [0.29, 0.717) is 5.92 Å². The van der Waals surface area contributed by atoms with Crippen molar-refractivity contribution in [1.82, 2.24) is 9.13 Å². The summed E-state index contributed by atoms with van der Waals surface area (Å²) in [7, 11) is 0. The number of nitrogens with zero attached hydrogens (tertiary/aromatic N) is 2. The highest BCUT2D eigenvalue weighted by Crippen LogP contribution is 2.38. The molecule has 1 aliphatic rings. The standard InChI is InChI=1S/C43H33N3/c1-29-16-25-41-39(26-29)38-24-20-33(28-43(38)46(41)35-21-17-31(18-22-35)30-10-4-2-5-11-30)44-32-19-23-37-36-14-8-9-15-40(36)45(42(37)27-32)34-12-6-3-7-13-34/h2-25,27-29,44H,26H2,1H3. The molecular weight excluding hydrogens is 558 g/mol.